The summed E-state index contributed by atoms with van der Waals surface area (Å²) in [5.74, 6) is 2.68. The zero-order valence-electron chi connectivity index (χ0n) is 23.8. The Bertz CT molecular complexity index is 949. The van der Waals surface area contributed by atoms with E-state index in [9.17, 15) is 9.90 Å². The summed E-state index contributed by atoms with van der Waals surface area (Å²) in [7, 11) is -4.27. The predicted octanol–water partition coefficient (Wildman–Crippen LogP) is 5.06. The Labute approximate surface area is 225 Å². The molecule has 0 aliphatic carbocycles. The van der Waals surface area contributed by atoms with Gasteiger partial charge >= 0.3 is 5.69 Å². The summed E-state index contributed by atoms with van der Waals surface area (Å²) in [6.07, 6.45) is 14.0. The van der Waals surface area contributed by atoms with E-state index in [0.717, 1.165) is 37.8 Å². The van der Waals surface area contributed by atoms with Gasteiger partial charge in [0.25, 0.3) is 0 Å². The Morgan fingerprint density at radius 2 is 1.70 bits per heavy atom. The minimum atomic E-state index is -2.27. The molecule has 1 aromatic rings. The smallest absolute Gasteiger partial charge is 0.351 e. The number of nitrogen functional groups attached to an aromatic ring is 1. The molecule has 1 aliphatic rings. The quantitative estimate of drug-likeness (QED) is 0.168. The monoisotopic (exact) mass is 551 g/mol. The van der Waals surface area contributed by atoms with Gasteiger partial charge in [-0.2, -0.15) is 4.98 Å². The highest BCUT2D eigenvalue weighted by atomic mass is 28.4. The van der Waals surface area contributed by atoms with Gasteiger partial charge < -0.3 is 24.4 Å². The van der Waals surface area contributed by atoms with Crippen LogP contribution in [-0.4, -0.2) is 55.7 Å². The van der Waals surface area contributed by atoms with Crippen LogP contribution in [0.1, 0.15) is 71.4 Å². The third kappa shape index (κ3) is 9.04. The molecule has 1 saturated heterocycles. The van der Waals surface area contributed by atoms with Crippen molar-refractivity contribution in [3.8, 4) is 12.3 Å². The van der Waals surface area contributed by atoms with Crippen LogP contribution in [0.15, 0.2) is 17.1 Å². The predicted molar refractivity (Wildman–Crippen MR) is 154 cm³/mol. The van der Waals surface area contributed by atoms with Gasteiger partial charge in [-0.3, -0.25) is 4.57 Å². The summed E-state index contributed by atoms with van der Waals surface area (Å²) in [6.45, 7) is 13.1. The number of ether oxygens (including phenoxy) is 1. The lowest BCUT2D eigenvalue weighted by atomic mass is 9.93. The van der Waals surface area contributed by atoms with Gasteiger partial charge in [0.15, 0.2) is 28.5 Å². The molecule has 3 N–H and O–H groups in total. The number of aromatic nitrogens is 2. The van der Waals surface area contributed by atoms with Gasteiger partial charge in [0.05, 0.1) is 6.61 Å². The fourth-order valence-electron chi connectivity index (χ4n) is 4.80. The van der Waals surface area contributed by atoms with Crippen LogP contribution >= 0.6 is 0 Å². The molecule has 37 heavy (non-hydrogen) atoms. The number of rotatable bonds is 16. The molecule has 210 valence electrons. The lowest BCUT2D eigenvalue weighted by Gasteiger charge is -2.36. The molecule has 0 saturated carbocycles. The number of nitrogens with two attached hydrogens (primary N) is 1. The number of aliphatic hydroxyl groups is 1. The minimum absolute atomic E-state index is 0.116. The van der Waals surface area contributed by atoms with Crippen molar-refractivity contribution in [2.24, 2.45) is 0 Å². The first-order chi connectivity index (χ1) is 17.4. The summed E-state index contributed by atoms with van der Waals surface area (Å²) in [4.78, 5) is 16.6. The molecule has 0 unspecified atom stereocenters. The van der Waals surface area contributed by atoms with Gasteiger partial charge in [-0.05, 0) is 44.3 Å². The van der Waals surface area contributed by atoms with E-state index >= 15 is 0 Å². The molecule has 1 aliphatic heterocycles. The normalized spacial score (nSPS) is 24.3. The van der Waals surface area contributed by atoms with E-state index in [1.165, 1.54) is 42.5 Å². The van der Waals surface area contributed by atoms with E-state index in [1.54, 1.807) is 0 Å². The van der Waals surface area contributed by atoms with Gasteiger partial charge in [0.2, 0.25) is 0 Å². The molecule has 10 heteroatoms. The molecule has 8 nitrogen and oxygen atoms in total. The molecule has 2 rings (SSSR count). The SMILES string of the molecule is C#C[C@@]1(O)[C@@H](CO[Si](C)(C)CCCCCC)O[C@@H](n2ccc(N)nc2=O)[C@@H]1O[Si](C)(C)CCCCCC. The Morgan fingerprint density at radius 1 is 1.11 bits per heavy atom. The zero-order valence-corrected chi connectivity index (χ0v) is 25.8. The second-order valence-corrected chi connectivity index (χ2v) is 20.1. The van der Waals surface area contributed by atoms with Gasteiger partial charge in [0, 0.05) is 6.20 Å². The summed E-state index contributed by atoms with van der Waals surface area (Å²) < 4.78 is 20.7. The van der Waals surface area contributed by atoms with Gasteiger partial charge in [-0.25, -0.2) is 4.79 Å². The second-order valence-electron chi connectivity index (χ2n) is 11.5. The standard InChI is InChI=1S/C27H49N3O5Si2/c1-8-11-13-15-19-36(4,5)33-21-22-27(32,10-3)24(35-37(6,7)20-16-14-12-9-2)25(34-22)30-18-17-23(28)29-26(30)31/h3,17-18,22,24-25,32H,8-9,11-16,19-21H2,1-2,4-7H3,(H2,28,29,31)/t22-,24+,25-,27-/m1/s1. The molecule has 2 heterocycles. The van der Waals surface area contributed by atoms with Crippen LogP contribution in [-0.2, 0) is 13.6 Å². The first-order valence-corrected chi connectivity index (χ1v) is 20.1. The highest BCUT2D eigenvalue weighted by Crippen LogP contribution is 2.41. The molecule has 4 atom stereocenters. The first kappa shape index (κ1) is 31.7. The summed E-state index contributed by atoms with van der Waals surface area (Å²) in [5, 5.41) is 11.8. The van der Waals surface area contributed by atoms with E-state index < -0.39 is 46.4 Å². The van der Waals surface area contributed by atoms with Crippen LogP contribution in [0.5, 0.6) is 0 Å². The van der Waals surface area contributed by atoms with Crippen molar-refractivity contribution in [3.63, 3.8) is 0 Å². The van der Waals surface area contributed by atoms with Crippen molar-refractivity contribution < 1.29 is 18.7 Å². The van der Waals surface area contributed by atoms with Crippen molar-refractivity contribution in [3.05, 3.63) is 22.7 Å². The number of terminal acetylenes is 1. The number of hydrogen-bond donors (Lipinski definition) is 2. The van der Waals surface area contributed by atoms with Crippen LogP contribution in [0.4, 0.5) is 5.82 Å². The third-order valence-electron chi connectivity index (χ3n) is 7.18. The molecular formula is C27H49N3O5Si2. The van der Waals surface area contributed by atoms with Crippen LogP contribution < -0.4 is 11.4 Å². The lowest BCUT2D eigenvalue weighted by Crippen LogP contribution is -2.54. The van der Waals surface area contributed by atoms with E-state index in [4.69, 9.17) is 25.7 Å². The Morgan fingerprint density at radius 3 is 2.24 bits per heavy atom. The number of nitrogens with zero attached hydrogens (tertiary/aromatic N) is 2. The summed E-state index contributed by atoms with van der Waals surface area (Å²) in [5.41, 5.74) is 3.38. The average Bonchev–Trinajstić information content (AvgIpc) is 3.09. The second kappa shape index (κ2) is 14.1. The van der Waals surface area contributed by atoms with E-state index in [1.807, 2.05) is 0 Å². The fourth-order valence-corrected chi connectivity index (χ4v) is 8.85. The summed E-state index contributed by atoms with van der Waals surface area (Å²) >= 11 is 0. The van der Waals surface area contributed by atoms with Gasteiger partial charge in [0.1, 0.15) is 18.0 Å². The number of hydrogen-bond acceptors (Lipinski definition) is 7. The van der Waals surface area contributed by atoms with Crippen molar-refractivity contribution in [1.29, 1.82) is 0 Å². The maximum atomic E-state index is 12.8. The molecule has 0 bridgehead atoms. The zero-order chi connectivity index (χ0) is 27.7. The maximum absolute atomic E-state index is 12.8. The van der Waals surface area contributed by atoms with Gasteiger partial charge in [-0.15, -0.1) is 6.42 Å². The molecule has 1 aromatic heterocycles. The minimum Gasteiger partial charge on any atom is -0.415 e. The van der Waals surface area contributed by atoms with E-state index in [-0.39, 0.29) is 12.4 Å². The van der Waals surface area contributed by atoms with Crippen molar-refractivity contribution in [2.75, 3.05) is 12.3 Å². The van der Waals surface area contributed by atoms with Crippen molar-refractivity contribution in [1.82, 2.24) is 9.55 Å². The van der Waals surface area contributed by atoms with E-state index in [2.05, 4.69) is 50.9 Å². The molecule has 1 fully saturated rings. The summed E-state index contributed by atoms with van der Waals surface area (Å²) in [6, 6.07) is 3.47. The average molecular weight is 552 g/mol. The maximum Gasteiger partial charge on any atom is 0.351 e. The highest BCUT2D eigenvalue weighted by Gasteiger charge is 2.58. The van der Waals surface area contributed by atoms with Crippen LogP contribution in [0.2, 0.25) is 38.3 Å². The van der Waals surface area contributed by atoms with Gasteiger partial charge in [-0.1, -0.05) is 71.1 Å². The first-order valence-electron chi connectivity index (χ1n) is 13.9. The molecule has 0 aromatic carbocycles. The topological polar surface area (TPSA) is 109 Å². The third-order valence-corrected chi connectivity index (χ3v) is 12.1. The number of anilines is 1. The van der Waals surface area contributed by atoms with Crippen LogP contribution in [0.25, 0.3) is 0 Å². The highest BCUT2D eigenvalue weighted by molar-refractivity contribution is 6.71. The number of unbranched alkanes of at least 4 members (excludes halogenated alkanes) is 6. The Kier molecular flexibility index (Phi) is 12.1. The van der Waals surface area contributed by atoms with Crippen LogP contribution in [0, 0.1) is 12.3 Å². The Balaban J connectivity index is 2.29. The molecule has 0 amide bonds. The Hall–Kier alpha value is -1.49. The lowest BCUT2D eigenvalue weighted by molar-refractivity contribution is -0.0591. The van der Waals surface area contributed by atoms with Crippen LogP contribution in [0.3, 0.4) is 0 Å². The van der Waals surface area contributed by atoms with E-state index in [0.29, 0.717) is 0 Å². The molecule has 0 spiro atoms. The molecular weight excluding hydrogens is 502 g/mol. The largest absolute Gasteiger partial charge is 0.415 e. The van der Waals surface area contributed by atoms with Crippen molar-refractivity contribution in [2.45, 2.75) is 128 Å². The fraction of sp³-hybridized carbons (Fsp3) is 0.778. The van der Waals surface area contributed by atoms with Crippen molar-refractivity contribution >= 4 is 22.5 Å². The molecule has 0 radical (unpaired) electrons.